The summed E-state index contributed by atoms with van der Waals surface area (Å²) in [6.45, 7) is 11.1. The average molecular weight is 274 g/mol. The molecule has 0 aliphatic heterocycles. The maximum atomic E-state index is 10.8. The minimum absolute atomic E-state index is 0.0619. The Morgan fingerprint density at radius 2 is 1.37 bits per heavy atom. The lowest BCUT2D eigenvalue weighted by molar-refractivity contribution is -0.144. The highest BCUT2D eigenvalue weighted by atomic mass is 16.5. The third kappa shape index (κ3) is 19.5. The fourth-order valence-electron chi connectivity index (χ4n) is 1.12. The van der Waals surface area contributed by atoms with Gasteiger partial charge < -0.3 is 9.47 Å². The second-order valence-corrected chi connectivity index (χ2v) is 4.71. The van der Waals surface area contributed by atoms with Crippen molar-refractivity contribution in [2.24, 2.45) is 5.92 Å². The first-order chi connectivity index (χ1) is 8.97. The summed E-state index contributed by atoms with van der Waals surface area (Å²) in [5, 5.41) is 0. The summed E-state index contributed by atoms with van der Waals surface area (Å²) in [5.74, 6) is 0.465. The van der Waals surface area contributed by atoms with Crippen molar-refractivity contribution in [1.82, 2.24) is 0 Å². The second kappa shape index (κ2) is 15.0. The number of rotatable bonds is 8. The Bertz CT molecular complexity index is 216. The summed E-state index contributed by atoms with van der Waals surface area (Å²) in [5.41, 5.74) is 0. The number of esters is 2. The number of hydrogen-bond acceptors (Lipinski definition) is 4. The maximum absolute atomic E-state index is 10.8. The van der Waals surface area contributed by atoms with Crippen LogP contribution in [0.15, 0.2) is 0 Å². The Kier molecular flexibility index (Phi) is 16.0. The predicted octanol–water partition coefficient (Wildman–Crippen LogP) is 3.73. The first-order valence-corrected chi connectivity index (χ1v) is 7.29. The molecular weight excluding hydrogens is 244 g/mol. The van der Waals surface area contributed by atoms with Crippen molar-refractivity contribution in [2.45, 2.75) is 66.7 Å². The normalized spacial score (nSPS) is 9.58. The molecule has 0 heterocycles. The molecular formula is C15H30O4. The van der Waals surface area contributed by atoms with Gasteiger partial charge in [-0.25, -0.2) is 0 Å². The van der Waals surface area contributed by atoms with Crippen LogP contribution in [0, 0.1) is 5.92 Å². The van der Waals surface area contributed by atoms with Crippen LogP contribution in [-0.2, 0) is 19.1 Å². The lowest BCUT2D eigenvalue weighted by Gasteiger charge is -2.05. The monoisotopic (exact) mass is 274 g/mol. The minimum atomic E-state index is -0.0880. The Hall–Kier alpha value is -1.06. The Labute approximate surface area is 117 Å². The molecule has 114 valence electrons. The molecule has 0 amide bonds. The molecule has 0 bridgehead atoms. The zero-order valence-corrected chi connectivity index (χ0v) is 13.2. The Balaban J connectivity index is 0. The Morgan fingerprint density at radius 1 is 0.895 bits per heavy atom. The van der Waals surface area contributed by atoms with Crippen LogP contribution in [-0.4, -0.2) is 25.2 Å². The lowest BCUT2D eigenvalue weighted by atomic mass is 10.1. The van der Waals surface area contributed by atoms with E-state index < -0.39 is 0 Å². The van der Waals surface area contributed by atoms with Crippen LogP contribution in [0.1, 0.15) is 66.7 Å². The molecule has 0 aromatic carbocycles. The van der Waals surface area contributed by atoms with Crippen LogP contribution < -0.4 is 0 Å². The van der Waals surface area contributed by atoms with E-state index in [-0.39, 0.29) is 11.9 Å². The van der Waals surface area contributed by atoms with Gasteiger partial charge in [0.05, 0.1) is 13.2 Å². The quantitative estimate of drug-likeness (QED) is 0.633. The van der Waals surface area contributed by atoms with Gasteiger partial charge in [0, 0.05) is 12.8 Å². The van der Waals surface area contributed by atoms with Crippen molar-refractivity contribution in [1.29, 1.82) is 0 Å². The van der Waals surface area contributed by atoms with Gasteiger partial charge in [-0.2, -0.15) is 0 Å². The first kappa shape index (κ1) is 20.3. The van der Waals surface area contributed by atoms with Gasteiger partial charge in [0.15, 0.2) is 0 Å². The zero-order chi connectivity index (χ0) is 15.1. The molecule has 4 nitrogen and oxygen atoms in total. The van der Waals surface area contributed by atoms with Gasteiger partial charge >= 0.3 is 11.9 Å². The van der Waals surface area contributed by atoms with E-state index in [2.05, 4.69) is 18.6 Å². The molecule has 0 aliphatic carbocycles. The molecule has 0 spiro atoms. The third-order valence-corrected chi connectivity index (χ3v) is 2.17. The van der Waals surface area contributed by atoms with E-state index in [1.807, 2.05) is 20.8 Å². The van der Waals surface area contributed by atoms with E-state index in [4.69, 9.17) is 4.74 Å². The number of carbonyl (C=O) groups is 2. The number of carbonyl (C=O) groups excluding carboxylic acids is 2. The van der Waals surface area contributed by atoms with E-state index in [9.17, 15) is 9.59 Å². The molecule has 0 radical (unpaired) electrons. The summed E-state index contributed by atoms with van der Waals surface area (Å²) in [6.07, 6.45) is 3.82. The SMILES string of the molecule is CCCC(=O)OCC.CCCC(=O)OCCC(C)C. The van der Waals surface area contributed by atoms with Crippen LogP contribution in [0.2, 0.25) is 0 Å². The highest BCUT2D eigenvalue weighted by molar-refractivity contribution is 5.69. The van der Waals surface area contributed by atoms with Crippen LogP contribution in [0.25, 0.3) is 0 Å². The van der Waals surface area contributed by atoms with Crippen molar-refractivity contribution >= 4 is 11.9 Å². The third-order valence-electron chi connectivity index (χ3n) is 2.17. The van der Waals surface area contributed by atoms with Crippen molar-refractivity contribution in [2.75, 3.05) is 13.2 Å². The Morgan fingerprint density at radius 3 is 1.74 bits per heavy atom. The van der Waals surface area contributed by atoms with E-state index >= 15 is 0 Å². The number of hydrogen-bond donors (Lipinski definition) is 0. The number of ether oxygens (including phenoxy) is 2. The van der Waals surface area contributed by atoms with Gasteiger partial charge in [-0.05, 0) is 32.1 Å². The van der Waals surface area contributed by atoms with Gasteiger partial charge in [-0.15, -0.1) is 0 Å². The molecule has 0 fully saturated rings. The molecule has 0 saturated carbocycles. The fourth-order valence-corrected chi connectivity index (χ4v) is 1.12. The largest absolute Gasteiger partial charge is 0.466 e. The first-order valence-electron chi connectivity index (χ1n) is 7.29. The zero-order valence-electron chi connectivity index (χ0n) is 13.2. The fraction of sp³-hybridized carbons (Fsp3) is 0.867. The molecule has 0 aromatic heterocycles. The molecule has 0 N–H and O–H groups in total. The van der Waals surface area contributed by atoms with E-state index in [0.717, 1.165) is 19.3 Å². The van der Waals surface area contributed by atoms with Gasteiger partial charge in [0.25, 0.3) is 0 Å². The van der Waals surface area contributed by atoms with Gasteiger partial charge in [-0.1, -0.05) is 27.7 Å². The lowest BCUT2D eigenvalue weighted by Crippen LogP contribution is -2.06. The van der Waals surface area contributed by atoms with E-state index in [1.165, 1.54) is 0 Å². The van der Waals surface area contributed by atoms with Crippen molar-refractivity contribution in [3.05, 3.63) is 0 Å². The van der Waals surface area contributed by atoms with Crippen molar-refractivity contribution in [3.63, 3.8) is 0 Å². The van der Waals surface area contributed by atoms with Gasteiger partial charge in [0.2, 0.25) is 0 Å². The van der Waals surface area contributed by atoms with Crippen LogP contribution in [0.4, 0.5) is 0 Å². The summed E-state index contributed by atoms with van der Waals surface area (Å²) >= 11 is 0. The highest BCUT2D eigenvalue weighted by Crippen LogP contribution is 2.00. The molecule has 0 aliphatic rings. The highest BCUT2D eigenvalue weighted by Gasteiger charge is 2.00. The molecule has 0 atom stereocenters. The smallest absolute Gasteiger partial charge is 0.305 e. The molecule has 0 aromatic rings. The topological polar surface area (TPSA) is 52.6 Å². The molecule has 0 unspecified atom stereocenters. The van der Waals surface area contributed by atoms with E-state index in [1.54, 1.807) is 0 Å². The molecule has 0 saturated heterocycles. The van der Waals surface area contributed by atoms with Crippen LogP contribution >= 0.6 is 0 Å². The maximum Gasteiger partial charge on any atom is 0.305 e. The average Bonchev–Trinajstić information content (AvgIpc) is 2.30. The summed E-state index contributed by atoms with van der Waals surface area (Å²) < 4.78 is 9.60. The minimum Gasteiger partial charge on any atom is -0.466 e. The molecule has 4 heteroatoms. The van der Waals surface area contributed by atoms with Crippen molar-refractivity contribution in [3.8, 4) is 0 Å². The standard InChI is InChI=1S/C9H18O2.C6H12O2/c1-4-5-9(10)11-7-6-8(2)3;1-3-5-6(7)8-4-2/h8H,4-7H2,1-3H3;3-5H2,1-2H3. The molecule has 19 heavy (non-hydrogen) atoms. The summed E-state index contributed by atoms with van der Waals surface area (Å²) in [7, 11) is 0. The van der Waals surface area contributed by atoms with Gasteiger partial charge in [-0.3, -0.25) is 9.59 Å². The van der Waals surface area contributed by atoms with Crippen LogP contribution in [0.5, 0.6) is 0 Å². The predicted molar refractivity (Wildman–Crippen MR) is 76.9 cm³/mol. The van der Waals surface area contributed by atoms with Crippen LogP contribution in [0.3, 0.4) is 0 Å². The summed E-state index contributed by atoms with van der Waals surface area (Å²) in [6, 6.07) is 0. The summed E-state index contributed by atoms with van der Waals surface area (Å²) in [4.78, 5) is 21.2. The second-order valence-electron chi connectivity index (χ2n) is 4.71. The molecule has 0 rings (SSSR count). The van der Waals surface area contributed by atoms with Crippen molar-refractivity contribution < 1.29 is 19.1 Å². The van der Waals surface area contributed by atoms with Gasteiger partial charge in [0.1, 0.15) is 0 Å². The van der Waals surface area contributed by atoms with E-state index in [0.29, 0.717) is 32.0 Å².